The average Bonchev–Trinajstić information content (AvgIpc) is 3.59. The molecule has 0 spiro atoms. The van der Waals surface area contributed by atoms with Crippen molar-refractivity contribution in [3.8, 4) is 5.75 Å². The number of hydrogen-bond donors (Lipinski definition) is 2. The van der Waals surface area contributed by atoms with Gasteiger partial charge in [-0.2, -0.15) is 0 Å². The number of nitrogens with one attached hydrogen (secondary N) is 2. The smallest absolute Gasteiger partial charge is 0.273 e. The minimum Gasteiger partial charge on any atom is -0.488 e. The molecule has 1 aromatic heterocycles. The standard InChI is InChI=1S/C42H37Cl2N3O6S/c1-28-40(46-27-53-28)42(49)45-20-19-29-11-17-38(18-12-29)54(50,51)47-39(48)25-33-23-34(21-30-5-3-2-4-6-30)41(52-26-32-9-15-37(44)16-10-32)35(24-33)22-31-7-13-36(43)14-8-31/h2-18,23-24,27H,19-22,25-26H2,1H3,(H,45,49)(H,47,48). The zero-order valence-corrected chi connectivity index (χ0v) is 31.7. The number of halogens is 2. The van der Waals surface area contributed by atoms with Gasteiger partial charge in [0, 0.05) is 29.4 Å². The number of oxazole rings is 1. The van der Waals surface area contributed by atoms with Crippen molar-refractivity contribution in [3.63, 3.8) is 0 Å². The van der Waals surface area contributed by atoms with Crippen molar-refractivity contribution in [2.45, 2.75) is 44.1 Å². The van der Waals surface area contributed by atoms with Gasteiger partial charge >= 0.3 is 0 Å². The van der Waals surface area contributed by atoms with E-state index in [1.165, 1.54) is 18.5 Å². The van der Waals surface area contributed by atoms with Crippen molar-refractivity contribution in [3.05, 3.63) is 182 Å². The van der Waals surface area contributed by atoms with Gasteiger partial charge in [0.25, 0.3) is 15.9 Å². The van der Waals surface area contributed by atoms with Crippen LogP contribution in [-0.2, 0) is 47.1 Å². The molecule has 6 rings (SSSR count). The number of carbonyl (C=O) groups is 2. The van der Waals surface area contributed by atoms with Crippen LogP contribution >= 0.6 is 23.2 Å². The van der Waals surface area contributed by atoms with Crippen LogP contribution in [0.15, 0.2) is 131 Å². The minimum absolute atomic E-state index is 0.0546. The van der Waals surface area contributed by atoms with E-state index in [0.717, 1.165) is 33.4 Å². The molecule has 0 saturated carbocycles. The molecule has 6 aromatic rings. The molecule has 276 valence electrons. The summed E-state index contributed by atoms with van der Waals surface area (Å²) in [6.45, 7) is 2.26. The second kappa shape index (κ2) is 17.6. The molecule has 0 fully saturated rings. The minimum atomic E-state index is -4.17. The van der Waals surface area contributed by atoms with Gasteiger partial charge in [0.1, 0.15) is 18.1 Å². The Kier molecular flexibility index (Phi) is 12.5. The first-order valence-corrected chi connectivity index (χ1v) is 19.4. The molecule has 0 bridgehead atoms. The van der Waals surface area contributed by atoms with E-state index in [9.17, 15) is 18.0 Å². The van der Waals surface area contributed by atoms with Crippen LogP contribution in [0.5, 0.6) is 5.75 Å². The molecule has 0 aliphatic carbocycles. The highest BCUT2D eigenvalue weighted by Crippen LogP contribution is 2.32. The van der Waals surface area contributed by atoms with E-state index >= 15 is 0 Å². The van der Waals surface area contributed by atoms with Gasteiger partial charge in [-0.15, -0.1) is 0 Å². The lowest BCUT2D eigenvalue weighted by atomic mass is 9.94. The molecular weight excluding hydrogens is 745 g/mol. The monoisotopic (exact) mass is 781 g/mol. The van der Waals surface area contributed by atoms with Gasteiger partial charge in [-0.25, -0.2) is 18.1 Å². The SMILES string of the molecule is Cc1ocnc1C(=O)NCCc1ccc(S(=O)(=O)NC(=O)Cc2cc(Cc3ccccc3)c(OCc3ccc(Cl)cc3)c(Cc3ccc(Cl)cc3)c2)cc1. The van der Waals surface area contributed by atoms with Crippen molar-refractivity contribution >= 4 is 45.0 Å². The fourth-order valence-corrected chi connectivity index (χ4v) is 7.18. The molecule has 1 heterocycles. The van der Waals surface area contributed by atoms with E-state index in [2.05, 4.69) is 15.0 Å². The number of hydrogen-bond acceptors (Lipinski definition) is 7. The van der Waals surface area contributed by atoms with Gasteiger partial charge in [0.15, 0.2) is 12.1 Å². The molecule has 0 aliphatic heterocycles. The maximum Gasteiger partial charge on any atom is 0.273 e. The zero-order valence-electron chi connectivity index (χ0n) is 29.4. The summed E-state index contributed by atoms with van der Waals surface area (Å²) in [6.07, 6.45) is 2.49. The van der Waals surface area contributed by atoms with Crippen LogP contribution < -0.4 is 14.8 Å². The quantitative estimate of drug-likeness (QED) is 0.108. The van der Waals surface area contributed by atoms with Crippen molar-refractivity contribution in [2.75, 3.05) is 6.54 Å². The highest BCUT2D eigenvalue weighted by Gasteiger charge is 2.21. The number of ether oxygens (including phenoxy) is 1. The molecule has 12 heteroatoms. The van der Waals surface area contributed by atoms with Crippen LogP contribution in [0.2, 0.25) is 10.0 Å². The Bertz CT molecular complexity index is 2330. The molecule has 0 radical (unpaired) electrons. The summed E-state index contributed by atoms with van der Waals surface area (Å²) < 4.78 is 40.5. The van der Waals surface area contributed by atoms with E-state index in [0.29, 0.717) is 59.5 Å². The van der Waals surface area contributed by atoms with Gasteiger partial charge in [-0.3, -0.25) is 9.59 Å². The number of rotatable bonds is 15. The van der Waals surface area contributed by atoms with Crippen LogP contribution in [0.25, 0.3) is 0 Å². The molecule has 0 unspecified atom stereocenters. The number of aromatic nitrogens is 1. The lowest BCUT2D eigenvalue weighted by Crippen LogP contribution is -2.32. The summed E-state index contributed by atoms with van der Waals surface area (Å²) in [5.74, 6) is 0.0789. The van der Waals surface area contributed by atoms with Crippen LogP contribution in [0.4, 0.5) is 0 Å². The molecular formula is C42H37Cl2N3O6S. The predicted octanol–water partition coefficient (Wildman–Crippen LogP) is 8.07. The number of amides is 2. The van der Waals surface area contributed by atoms with E-state index in [-0.39, 0.29) is 22.9 Å². The van der Waals surface area contributed by atoms with Crippen molar-refractivity contribution in [1.29, 1.82) is 0 Å². The average molecular weight is 783 g/mol. The van der Waals surface area contributed by atoms with Gasteiger partial charge in [0.2, 0.25) is 5.91 Å². The van der Waals surface area contributed by atoms with E-state index in [1.807, 2.05) is 91.0 Å². The Morgan fingerprint density at radius 2 is 1.31 bits per heavy atom. The molecule has 0 saturated heterocycles. The highest BCUT2D eigenvalue weighted by molar-refractivity contribution is 7.90. The van der Waals surface area contributed by atoms with Gasteiger partial charge in [0.05, 0.1) is 11.3 Å². The molecule has 0 aliphatic rings. The lowest BCUT2D eigenvalue weighted by molar-refractivity contribution is -0.118. The van der Waals surface area contributed by atoms with Crippen molar-refractivity contribution < 1.29 is 27.2 Å². The van der Waals surface area contributed by atoms with Crippen LogP contribution in [0, 0.1) is 6.92 Å². The lowest BCUT2D eigenvalue weighted by Gasteiger charge is -2.19. The second-order valence-electron chi connectivity index (χ2n) is 12.7. The van der Waals surface area contributed by atoms with Crippen LogP contribution in [0.1, 0.15) is 55.2 Å². The molecule has 5 aromatic carbocycles. The highest BCUT2D eigenvalue weighted by atomic mass is 35.5. The third-order valence-corrected chi connectivity index (χ3v) is 10.5. The van der Waals surface area contributed by atoms with Gasteiger partial charge in [-0.1, -0.05) is 102 Å². The molecule has 2 N–H and O–H groups in total. The Labute approximate surface area is 324 Å². The first kappa shape index (κ1) is 38.3. The third kappa shape index (κ3) is 10.4. The van der Waals surface area contributed by atoms with Crippen LogP contribution in [-0.4, -0.2) is 31.8 Å². The largest absolute Gasteiger partial charge is 0.488 e. The van der Waals surface area contributed by atoms with Crippen molar-refractivity contribution in [1.82, 2.24) is 15.0 Å². The Balaban J connectivity index is 1.20. The molecule has 2 amide bonds. The fourth-order valence-electron chi connectivity index (χ4n) is 5.94. The topological polar surface area (TPSA) is 128 Å². The van der Waals surface area contributed by atoms with Crippen molar-refractivity contribution in [2.24, 2.45) is 0 Å². The maximum atomic E-state index is 13.4. The second-order valence-corrected chi connectivity index (χ2v) is 15.3. The summed E-state index contributed by atoms with van der Waals surface area (Å²) in [5.41, 5.74) is 6.32. The van der Waals surface area contributed by atoms with E-state index in [4.69, 9.17) is 32.4 Å². The Morgan fingerprint density at radius 3 is 1.91 bits per heavy atom. The van der Waals surface area contributed by atoms with E-state index in [1.54, 1.807) is 19.1 Å². The summed E-state index contributed by atoms with van der Waals surface area (Å²) >= 11 is 12.3. The molecule has 54 heavy (non-hydrogen) atoms. The van der Waals surface area contributed by atoms with E-state index < -0.39 is 15.9 Å². The number of carbonyl (C=O) groups excluding carboxylic acids is 2. The summed E-state index contributed by atoms with van der Waals surface area (Å²) in [4.78, 5) is 29.5. The number of benzene rings is 5. The summed E-state index contributed by atoms with van der Waals surface area (Å²) in [6, 6.07) is 34.9. The Hall–Kier alpha value is -5.42. The molecule has 9 nitrogen and oxygen atoms in total. The number of nitrogens with zero attached hydrogens (tertiary/aromatic N) is 1. The first-order chi connectivity index (χ1) is 26.0. The summed E-state index contributed by atoms with van der Waals surface area (Å²) in [5, 5.41) is 4.02. The van der Waals surface area contributed by atoms with Gasteiger partial charge in [-0.05, 0) is 88.7 Å². The number of sulfonamides is 1. The normalized spacial score (nSPS) is 11.2. The maximum absolute atomic E-state index is 13.4. The molecule has 0 atom stereocenters. The van der Waals surface area contributed by atoms with Gasteiger partial charge < -0.3 is 14.5 Å². The third-order valence-electron chi connectivity index (χ3n) is 8.65. The fraction of sp³-hybridized carbons (Fsp3) is 0.167. The van der Waals surface area contributed by atoms with Crippen LogP contribution in [0.3, 0.4) is 0 Å². The Morgan fingerprint density at radius 1 is 0.741 bits per heavy atom. The summed E-state index contributed by atoms with van der Waals surface area (Å²) in [7, 11) is -4.17. The predicted molar refractivity (Wildman–Crippen MR) is 208 cm³/mol. The number of aryl methyl sites for hydroxylation is 1. The first-order valence-electron chi connectivity index (χ1n) is 17.2. The zero-order chi connectivity index (χ0) is 38.1.